The second-order valence-corrected chi connectivity index (χ2v) is 6.24. The van der Waals surface area contributed by atoms with E-state index in [0.717, 1.165) is 12.1 Å². The number of halogens is 4. The van der Waals surface area contributed by atoms with Crippen molar-refractivity contribution in [1.29, 1.82) is 0 Å². The summed E-state index contributed by atoms with van der Waals surface area (Å²) < 4.78 is 40.3. The summed E-state index contributed by atoms with van der Waals surface area (Å²) in [5.74, 6) is -0.859. The lowest BCUT2D eigenvalue weighted by molar-refractivity contribution is -0.274. The fraction of sp³-hybridized carbons (Fsp3) is 0.158. The molecule has 1 unspecified atom stereocenters. The first-order valence-electron chi connectivity index (χ1n) is 8.10. The van der Waals surface area contributed by atoms with Crippen LogP contribution in [0.2, 0.25) is 5.15 Å². The van der Waals surface area contributed by atoms with Gasteiger partial charge >= 0.3 is 6.36 Å². The Morgan fingerprint density at radius 3 is 2.54 bits per heavy atom. The zero-order valence-electron chi connectivity index (χ0n) is 14.2. The van der Waals surface area contributed by atoms with Crippen molar-refractivity contribution in [2.75, 3.05) is 6.54 Å². The SMILES string of the molecule is O=C(NCC(O)c1ccc(OC(F)(F)F)cc1)c1cc(Cl)nc2ccccc12. The van der Waals surface area contributed by atoms with Gasteiger partial charge in [0.15, 0.2) is 0 Å². The first-order valence-corrected chi connectivity index (χ1v) is 8.48. The van der Waals surface area contributed by atoms with E-state index in [1.165, 1.54) is 18.2 Å². The third-order valence-corrected chi connectivity index (χ3v) is 4.08. The number of aliphatic hydroxyl groups is 1. The van der Waals surface area contributed by atoms with E-state index in [2.05, 4.69) is 15.0 Å². The number of hydrogen-bond donors (Lipinski definition) is 2. The number of carbonyl (C=O) groups excluding carboxylic acids is 1. The van der Waals surface area contributed by atoms with Gasteiger partial charge < -0.3 is 15.2 Å². The van der Waals surface area contributed by atoms with Crippen LogP contribution in [0.1, 0.15) is 22.0 Å². The molecule has 1 heterocycles. The highest BCUT2D eigenvalue weighted by molar-refractivity contribution is 6.30. The van der Waals surface area contributed by atoms with Crippen molar-refractivity contribution in [1.82, 2.24) is 10.3 Å². The number of hydrogen-bond acceptors (Lipinski definition) is 4. The minimum absolute atomic E-state index is 0.146. The van der Waals surface area contributed by atoms with Crippen molar-refractivity contribution < 1.29 is 27.8 Å². The van der Waals surface area contributed by atoms with Gasteiger partial charge in [-0.2, -0.15) is 0 Å². The molecule has 0 saturated heterocycles. The third-order valence-electron chi connectivity index (χ3n) is 3.88. The van der Waals surface area contributed by atoms with Crippen LogP contribution in [-0.4, -0.2) is 28.9 Å². The molecule has 28 heavy (non-hydrogen) atoms. The molecule has 1 amide bonds. The van der Waals surface area contributed by atoms with E-state index in [-0.39, 0.29) is 11.7 Å². The van der Waals surface area contributed by atoms with Gasteiger partial charge in [-0.25, -0.2) is 4.98 Å². The summed E-state index contributed by atoms with van der Waals surface area (Å²) in [6.07, 6.45) is -5.91. The fourth-order valence-electron chi connectivity index (χ4n) is 2.63. The highest BCUT2D eigenvalue weighted by Gasteiger charge is 2.31. The molecular weight excluding hydrogens is 397 g/mol. The molecule has 146 valence electrons. The molecule has 0 fully saturated rings. The maximum atomic E-state index is 12.5. The van der Waals surface area contributed by atoms with E-state index in [4.69, 9.17) is 11.6 Å². The number of nitrogens with zero attached hydrogens (tertiary/aromatic N) is 1. The summed E-state index contributed by atoms with van der Waals surface area (Å²) in [7, 11) is 0. The molecule has 3 rings (SSSR count). The number of aromatic nitrogens is 1. The van der Waals surface area contributed by atoms with Gasteiger partial charge in [0.25, 0.3) is 5.91 Å². The van der Waals surface area contributed by atoms with Crippen molar-refractivity contribution in [3.05, 3.63) is 70.9 Å². The van der Waals surface area contributed by atoms with Gasteiger partial charge in [-0.3, -0.25) is 4.79 Å². The Labute approximate surface area is 162 Å². The second kappa shape index (κ2) is 8.04. The van der Waals surface area contributed by atoms with Crippen LogP contribution in [0.5, 0.6) is 5.75 Å². The minimum atomic E-state index is -4.79. The zero-order chi connectivity index (χ0) is 20.3. The van der Waals surface area contributed by atoms with Crippen LogP contribution in [0.3, 0.4) is 0 Å². The predicted molar refractivity (Wildman–Crippen MR) is 97.2 cm³/mol. The molecule has 0 spiro atoms. The number of benzene rings is 2. The summed E-state index contributed by atoms with van der Waals surface area (Å²) in [6, 6.07) is 13.1. The average Bonchev–Trinajstić information content (AvgIpc) is 2.64. The molecule has 1 aromatic heterocycles. The topological polar surface area (TPSA) is 71.5 Å². The van der Waals surface area contributed by atoms with E-state index < -0.39 is 24.1 Å². The Balaban J connectivity index is 1.68. The number of para-hydroxylation sites is 1. The van der Waals surface area contributed by atoms with Crippen LogP contribution in [0.4, 0.5) is 13.2 Å². The largest absolute Gasteiger partial charge is 0.573 e. The number of alkyl halides is 3. The maximum absolute atomic E-state index is 12.5. The molecular formula is C19H14ClF3N2O3. The average molecular weight is 411 g/mol. The van der Waals surface area contributed by atoms with Crippen LogP contribution in [-0.2, 0) is 0 Å². The van der Waals surface area contributed by atoms with Crippen molar-refractivity contribution in [2.45, 2.75) is 12.5 Å². The molecule has 0 saturated carbocycles. The van der Waals surface area contributed by atoms with Gasteiger partial charge in [0.1, 0.15) is 10.9 Å². The van der Waals surface area contributed by atoms with E-state index >= 15 is 0 Å². The summed E-state index contributed by atoms with van der Waals surface area (Å²) in [6.45, 7) is -0.146. The van der Waals surface area contributed by atoms with Crippen molar-refractivity contribution >= 4 is 28.4 Å². The predicted octanol–water partition coefficient (Wildman–Crippen LogP) is 4.25. The molecule has 9 heteroatoms. The van der Waals surface area contributed by atoms with E-state index in [1.807, 2.05) is 0 Å². The van der Waals surface area contributed by atoms with E-state index in [9.17, 15) is 23.1 Å². The molecule has 0 radical (unpaired) electrons. The number of pyridine rings is 1. The van der Waals surface area contributed by atoms with Crippen molar-refractivity contribution in [3.8, 4) is 5.75 Å². The third kappa shape index (κ3) is 4.90. The Hall–Kier alpha value is -2.84. The monoisotopic (exact) mass is 410 g/mol. The highest BCUT2D eigenvalue weighted by Crippen LogP contribution is 2.25. The molecule has 0 aliphatic rings. The summed E-state index contributed by atoms with van der Waals surface area (Å²) in [4.78, 5) is 16.6. The summed E-state index contributed by atoms with van der Waals surface area (Å²) >= 11 is 5.95. The van der Waals surface area contributed by atoms with Gasteiger partial charge in [-0.15, -0.1) is 13.2 Å². The highest BCUT2D eigenvalue weighted by atomic mass is 35.5. The number of rotatable bonds is 5. The van der Waals surface area contributed by atoms with E-state index in [0.29, 0.717) is 22.0 Å². The van der Waals surface area contributed by atoms with Gasteiger partial charge in [-0.1, -0.05) is 41.9 Å². The number of nitrogens with one attached hydrogen (secondary N) is 1. The number of amides is 1. The number of aliphatic hydroxyl groups excluding tert-OH is 1. The van der Waals surface area contributed by atoms with Crippen LogP contribution in [0, 0.1) is 0 Å². The molecule has 1 atom stereocenters. The molecule has 2 N–H and O–H groups in total. The first-order chi connectivity index (χ1) is 13.2. The molecule has 5 nitrogen and oxygen atoms in total. The zero-order valence-corrected chi connectivity index (χ0v) is 15.0. The van der Waals surface area contributed by atoms with Gasteiger partial charge in [0, 0.05) is 11.9 Å². The van der Waals surface area contributed by atoms with Crippen LogP contribution < -0.4 is 10.1 Å². The normalized spacial score (nSPS) is 12.6. The molecule has 0 aliphatic heterocycles. The standard InChI is InChI=1S/C19H14ClF3N2O3/c20-17-9-14(13-3-1-2-4-15(13)25-17)18(27)24-10-16(26)11-5-7-12(8-6-11)28-19(21,22)23/h1-9,16,26H,10H2,(H,24,27). The fourth-order valence-corrected chi connectivity index (χ4v) is 2.83. The number of fused-ring (bicyclic) bond motifs is 1. The van der Waals surface area contributed by atoms with Gasteiger partial charge in [0.2, 0.25) is 0 Å². The lowest BCUT2D eigenvalue weighted by Gasteiger charge is -2.14. The van der Waals surface area contributed by atoms with Crippen LogP contribution >= 0.6 is 11.6 Å². The molecule has 0 bridgehead atoms. The molecule has 2 aromatic carbocycles. The Bertz CT molecular complexity index is 994. The lowest BCUT2D eigenvalue weighted by Crippen LogP contribution is -2.28. The smallest absolute Gasteiger partial charge is 0.406 e. The second-order valence-electron chi connectivity index (χ2n) is 5.85. The molecule has 3 aromatic rings. The van der Waals surface area contributed by atoms with Gasteiger partial charge in [-0.05, 0) is 29.8 Å². The van der Waals surface area contributed by atoms with Crippen molar-refractivity contribution in [3.63, 3.8) is 0 Å². The van der Waals surface area contributed by atoms with Crippen molar-refractivity contribution in [2.24, 2.45) is 0 Å². The summed E-state index contributed by atoms with van der Waals surface area (Å²) in [5, 5.41) is 13.5. The number of ether oxygens (including phenoxy) is 1. The minimum Gasteiger partial charge on any atom is -0.406 e. The first kappa shape index (κ1) is 19.9. The Morgan fingerprint density at radius 2 is 1.86 bits per heavy atom. The Kier molecular flexibility index (Phi) is 5.71. The van der Waals surface area contributed by atoms with Crippen LogP contribution in [0.15, 0.2) is 54.6 Å². The lowest BCUT2D eigenvalue weighted by atomic mass is 10.1. The Morgan fingerprint density at radius 1 is 1.18 bits per heavy atom. The quantitative estimate of drug-likeness (QED) is 0.617. The van der Waals surface area contributed by atoms with E-state index in [1.54, 1.807) is 24.3 Å². The number of carbonyl (C=O) groups is 1. The van der Waals surface area contributed by atoms with Crippen LogP contribution in [0.25, 0.3) is 10.9 Å². The summed E-state index contributed by atoms with van der Waals surface area (Å²) in [5.41, 5.74) is 1.19. The maximum Gasteiger partial charge on any atom is 0.573 e. The molecule has 0 aliphatic carbocycles. The van der Waals surface area contributed by atoms with Gasteiger partial charge in [0.05, 0.1) is 17.2 Å².